The summed E-state index contributed by atoms with van der Waals surface area (Å²) < 4.78 is 1.93. The zero-order valence-electron chi connectivity index (χ0n) is 15.0. The van der Waals surface area contributed by atoms with Crippen molar-refractivity contribution >= 4 is 28.9 Å². The van der Waals surface area contributed by atoms with E-state index in [9.17, 15) is 4.79 Å². The largest absolute Gasteiger partial charge is 0.361 e. The molecule has 0 spiro atoms. The molecule has 1 aliphatic rings. The monoisotopic (exact) mass is 350 g/mol. The summed E-state index contributed by atoms with van der Waals surface area (Å²) in [7, 11) is 3.83. The summed E-state index contributed by atoms with van der Waals surface area (Å²) in [5.41, 5.74) is 2.19. The van der Waals surface area contributed by atoms with Crippen LogP contribution in [0.4, 0.5) is 17.5 Å². The van der Waals surface area contributed by atoms with Crippen LogP contribution in [0, 0.1) is 0 Å². The van der Waals surface area contributed by atoms with E-state index in [1.165, 1.54) is 12.8 Å². The van der Waals surface area contributed by atoms with Crippen LogP contribution in [0.3, 0.4) is 0 Å². The number of aromatic nitrogens is 3. The van der Waals surface area contributed by atoms with Crippen molar-refractivity contribution in [1.82, 2.24) is 14.4 Å². The first-order valence-electron chi connectivity index (χ1n) is 8.79. The number of carbonyl (C=O) groups is 1. The van der Waals surface area contributed by atoms with Gasteiger partial charge in [0.1, 0.15) is 5.69 Å². The number of hydrogen-bond donors (Lipinski definition) is 1. The second kappa shape index (κ2) is 6.67. The minimum absolute atomic E-state index is 0.172. The Morgan fingerprint density at radius 2 is 2.04 bits per heavy atom. The Morgan fingerprint density at radius 3 is 2.77 bits per heavy atom. The Hall–Kier alpha value is -3.09. The average Bonchev–Trinajstić information content (AvgIpc) is 3.31. The van der Waals surface area contributed by atoms with E-state index in [0.717, 1.165) is 24.6 Å². The van der Waals surface area contributed by atoms with Gasteiger partial charge < -0.3 is 19.5 Å². The smallest absolute Gasteiger partial charge is 0.257 e. The number of carbonyl (C=O) groups excluding carboxylic acids is 1. The van der Waals surface area contributed by atoms with Crippen molar-refractivity contribution in [3.8, 4) is 0 Å². The standard InChI is InChI=1S/C19H22N6O/c1-23(2)17-16(12-20-19(22-17)24-8-5-6-9-24)21-18(26)14-11-15-7-3-4-10-25(15)13-14/h3-4,7,10-13H,5-6,8-9H2,1-2H3,(H,21,26). The van der Waals surface area contributed by atoms with E-state index in [1.807, 2.05) is 60.1 Å². The number of anilines is 3. The third-order valence-electron chi connectivity index (χ3n) is 4.58. The van der Waals surface area contributed by atoms with Gasteiger partial charge in [-0.3, -0.25) is 4.79 Å². The third-order valence-corrected chi connectivity index (χ3v) is 4.58. The summed E-state index contributed by atoms with van der Waals surface area (Å²) >= 11 is 0. The minimum atomic E-state index is -0.172. The van der Waals surface area contributed by atoms with Crippen LogP contribution in [0.25, 0.3) is 5.52 Å². The molecule has 4 heterocycles. The molecule has 7 nitrogen and oxygen atoms in total. The van der Waals surface area contributed by atoms with E-state index in [4.69, 9.17) is 0 Å². The van der Waals surface area contributed by atoms with Crippen molar-refractivity contribution in [3.05, 3.63) is 48.4 Å². The number of hydrogen-bond acceptors (Lipinski definition) is 5. The Labute approximate surface area is 152 Å². The maximum atomic E-state index is 12.7. The van der Waals surface area contributed by atoms with E-state index in [-0.39, 0.29) is 5.91 Å². The molecular formula is C19H22N6O. The normalized spacial score (nSPS) is 14.0. The van der Waals surface area contributed by atoms with Crippen molar-refractivity contribution in [3.63, 3.8) is 0 Å². The highest BCUT2D eigenvalue weighted by Crippen LogP contribution is 2.26. The number of amides is 1. The Morgan fingerprint density at radius 1 is 1.23 bits per heavy atom. The molecule has 0 atom stereocenters. The molecule has 0 aliphatic carbocycles. The van der Waals surface area contributed by atoms with Crippen molar-refractivity contribution < 1.29 is 4.79 Å². The molecule has 0 aromatic carbocycles. The third kappa shape index (κ3) is 3.08. The highest BCUT2D eigenvalue weighted by Gasteiger charge is 2.19. The Kier molecular flexibility index (Phi) is 4.20. The van der Waals surface area contributed by atoms with Gasteiger partial charge in [-0.2, -0.15) is 4.98 Å². The molecule has 0 unspecified atom stereocenters. The first kappa shape index (κ1) is 16.4. The maximum absolute atomic E-state index is 12.7. The van der Waals surface area contributed by atoms with Gasteiger partial charge in [0, 0.05) is 45.1 Å². The maximum Gasteiger partial charge on any atom is 0.257 e. The summed E-state index contributed by atoms with van der Waals surface area (Å²) in [4.78, 5) is 25.9. The molecular weight excluding hydrogens is 328 g/mol. The van der Waals surface area contributed by atoms with E-state index in [2.05, 4.69) is 20.2 Å². The molecule has 134 valence electrons. The molecule has 1 aliphatic heterocycles. The predicted molar refractivity (Wildman–Crippen MR) is 103 cm³/mol. The van der Waals surface area contributed by atoms with Gasteiger partial charge in [0.15, 0.2) is 5.82 Å². The van der Waals surface area contributed by atoms with E-state index in [1.54, 1.807) is 6.20 Å². The molecule has 26 heavy (non-hydrogen) atoms. The van der Waals surface area contributed by atoms with Crippen LogP contribution in [0.2, 0.25) is 0 Å². The Balaban J connectivity index is 1.60. The van der Waals surface area contributed by atoms with Gasteiger partial charge in [-0.15, -0.1) is 0 Å². The van der Waals surface area contributed by atoms with Gasteiger partial charge in [-0.25, -0.2) is 4.98 Å². The molecule has 0 bridgehead atoms. The van der Waals surface area contributed by atoms with Gasteiger partial charge in [0.05, 0.1) is 11.8 Å². The second-order valence-electron chi connectivity index (χ2n) is 6.71. The van der Waals surface area contributed by atoms with E-state index in [0.29, 0.717) is 17.1 Å². The molecule has 1 fully saturated rings. The van der Waals surface area contributed by atoms with Crippen molar-refractivity contribution in [2.45, 2.75) is 12.8 Å². The molecule has 3 aromatic rings. The van der Waals surface area contributed by atoms with E-state index < -0.39 is 0 Å². The van der Waals surface area contributed by atoms with Gasteiger partial charge in [-0.05, 0) is 31.0 Å². The molecule has 0 radical (unpaired) electrons. The zero-order chi connectivity index (χ0) is 18.1. The summed E-state index contributed by atoms with van der Waals surface area (Å²) in [5, 5.41) is 2.95. The summed E-state index contributed by atoms with van der Waals surface area (Å²) in [5.74, 6) is 1.26. The van der Waals surface area contributed by atoms with Crippen LogP contribution in [0.15, 0.2) is 42.9 Å². The fraction of sp³-hybridized carbons (Fsp3) is 0.316. The van der Waals surface area contributed by atoms with Crippen LogP contribution in [-0.4, -0.2) is 47.5 Å². The van der Waals surface area contributed by atoms with Gasteiger partial charge in [0.25, 0.3) is 5.91 Å². The van der Waals surface area contributed by atoms with Crippen molar-refractivity contribution in [1.29, 1.82) is 0 Å². The Bertz CT molecular complexity index is 909. The highest BCUT2D eigenvalue weighted by molar-refractivity contribution is 6.06. The molecule has 7 heteroatoms. The van der Waals surface area contributed by atoms with Crippen LogP contribution in [0.5, 0.6) is 0 Å². The van der Waals surface area contributed by atoms with Crippen LogP contribution in [0.1, 0.15) is 23.2 Å². The quantitative estimate of drug-likeness (QED) is 0.784. The SMILES string of the molecule is CN(C)c1nc(N2CCCC2)ncc1NC(=O)c1cc2ccccn2c1. The number of nitrogens with one attached hydrogen (secondary N) is 1. The summed E-state index contributed by atoms with van der Waals surface area (Å²) in [6.45, 7) is 1.96. The first-order chi connectivity index (χ1) is 12.6. The second-order valence-corrected chi connectivity index (χ2v) is 6.71. The minimum Gasteiger partial charge on any atom is -0.361 e. The molecule has 0 saturated carbocycles. The lowest BCUT2D eigenvalue weighted by atomic mass is 10.3. The lowest BCUT2D eigenvalue weighted by Gasteiger charge is -2.20. The highest BCUT2D eigenvalue weighted by atomic mass is 16.1. The topological polar surface area (TPSA) is 65.8 Å². The predicted octanol–water partition coefficient (Wildman–Crippen LogP) is 2.65. The fourth-order valence-corrected chi connectivity index (χ4v) is 3.24. The average molecular weight is 350 g/mol. The summed E-state index contributed by atoms with van der Waals surface area (Å²) in [6.07, 6.45) is 7.77. The first-order valence-corrected chi connectivity index (χ1v) is 8.79. The molecule has 3 aromatic heterocycles. The van der Waals surface area contributed by atoms with Gasteiger partial charge in [-0.1, -0.05) is 6.07 Å². The number of rotatable bonds is 4. The van der Waals surface area contributed by atoms with Crippen molar-refractivity contribution in [2.75, 3.05) is 42.3 Å². The molecule has 1 saturated heterocycles. The van der Waals surface area contributed by atoms with E-state index >= 15 is 0 Å². The lowest BCUT2D eigenvalue weighted by Crippen LogP contribution is -2.23. The number of fused-ring (bicyclic) bond motifs is 1. The van der Waals surface area contributed by atoms with Crippen LogP contribution < -0.4 is 15.1 Å². The molecule has 1 amide bonds. The van der Waals surface area contributed by atoms with Crippen LogP contribution in [-0.2, 0) is 0 Å². The molecule has 1 N–H and O–H groups in total. The van der Waals surface area contributed by atoms with Gasteiger partial charge >= 0.3 is 0 Å². The van der Waals surface area contributed by atoms with Crippen molar-refractivity contribution in [2.24, 2.45) is 0 Å². The zero-order valence-corrected chi connectivity index (χ0v) is 15.0. The lowest BCUT2D eigenvalue weighted by molar-refractivity contribution is 0.102. The number of pyridine rings is 1. The number of nitrogens with zero attached hydrogens (tertiary/aromatic N) is 5. The van der Waals surface area contributed by atoms with Crippen LogP contribution >= 0.6 is 0 Å². The van der Waals surface area contributed by atoms with Gasteiger partial charge in [0.2, 0.25) is 5.95 Å². The fourth-order valence-electron chi connectivity index (χ4n) is 3.24. The molecule has 4 rings (SSSR count). The summed E-state index contributed by atoms with van der Waals surface area (Å²) in [6, 6.07) is 7.72.